The molecule has 2 nitrogen and oxygen atoms in total. The van der Waals surface area contributed by atoms with Gasteiger partial charge in [0.2, 0.25) is 0 Å². The Morgan fingerprint density at radius 2 is 1.05 bits per heavy atom. The third kappa shape index (κ3) is 2.73. The quantitative estimate of drug-likeness (QED) is 0.822. The van der Waals surface area contributed by atoms with Gasteiger partial charge in [-0.15, -0.1) is 12.4 Å². The van der Waals surface area contributed by atoms with Crippen LogP contribution >= 0.6 is 12.4 Å². The summed E-state index contributed by atoms with van der Waals surface area (Å²) in [5.74, 6) is 0. The summed E-state index contributed by atoms with van der Waals surface area (Å²) in [6.45, 7) is 0. The van der Waals surface area contributed by atoms with E-state index in [0.717, 1.165) is 6.42 Å². The van der Waals surface area contributed by atoms with Gasteiger partial charge in [-0.1, -0.05) is 60.7 Å². The third-order valence-electron chi connectivity index (χ3n) is 4.21. The number of hydrogen-bond acceptors (Lipinski definition) is 2. The van der Waals surface area contributed by atoms with Crippen LogP contribution in [0.3, 0.4) is 0 Å². The van der Waals surface area contributed by atoms with Gasteiger partial charge in [-0.25, -0.2) is 10.0 Å². The van der Waals surface area contributed by atoms with Crippen LogP contribution in [0.5, 0.6) is 0 Å². The molecule has 0 aliphatic carbocycles. The highest BCUT2D eigenvalue weighted by molar-refractivity contribution is 5.85. The Hall–Kier alpha value is -1.35. The third-order valence-corrected chi connectivity index (χ3v) is 4.21. The van der Waals surface area contributed by atoms with Crippen molar-refractivity contribution in [3.8, 4) is 0 Å². The van der Waals surface area contributed by atoms with Gasteiger partial charge in [0.25, 0.3) is 0 Å². The topological polar surface area (TPSA) is 6.48 Å². The van der Waals surface area contributed by atoms with Gasteiger partial charge in [0.05, 0.1) is 12.1 Å². The van der Waals surface area contributed by atoms with Gasteiger partial charge in [0.1, 0.15) is 0 Å². The number of nitrogens with zero attached hydrogens (tertiary/aromatic N) is 2. The van der Waals surface area contributed by atoms with Gasteiger partial charge in [-0.2, -0.15) is 0 Å². The molecule has 2 atom stereocenters. The van der Waals surface area contributed by atoms with E-state index in [2.05, 4.69) is 84.8 Å². The highest BCUT2D eigenvalue weighted by Gasteiger charge is 2.35. The predicted molar refractivity (Wildman–Crippen MR) is 85.8 cm³/mol. The van der Waals surface area contributed by atoms with E-state index in [0.29, 0.717) is 12.1 Å². The molecule has 0 saturated carbocycles. The zero-order valence-electron chi connectivity index (χ0n) is 11.9. The minimum atomic E-state index is 0. The SMILES string of the molecule is CN1[C@H](c2ccccc2)C[C@@H](c2ccccc2)N1C.Cl. The van der Waals surface area contributed by atoms with Crippen molar-refractivity contribution in [2.75, 3.05) is 14.1 Å². The minimum Gasteiger partial charge on any atom is -0.237 e. The number of hydrogen-bond donors (Lipinski definition) is 0. The summed E-state index contributed by atoms with van der Waals surface area (Å²) in [4.78, 5) is 0. The Labute approximate surface area is 127 Å². The van der Waals surface area contributed by atoms with E-state index in [4.69, 9.17) is 0 Å². The molecule has 2 aromatic rings. The number of rotatable bonds is 2. The Balaban J connectivity index is 0.00000147. The fourth-order valence-corrected chi connectivity index (χ4v) is 3.01. The van der Waals surface area contributed by atoms with Crippen LogP contribution in [-0.4, -0.2) is 24.1 Å². The van der Waals surface area contributed by atoms with Crippen molar-refractivity contribution in [1.82, 2.24) is 10.0 Å². The molecule has 106 valence electrons. The minimum absolute atomic E-state index is 0. The predicted octanol–water partition coefficient (Wildman–Crippen LogP) is 4.07. The molecule has 1 fully saturated rings. The average molecular weight is 289 g/mol. The largest absolute Gasteiger partial charge is 0.237 e. The van der Waals surface area contributed by atoms with Crippen LogP contribution in [0.4, 0.5) is 0 Å². The summed E-state index contributed by atoms with van der Waals surface area (Å²) in [5.41, 5.74) is 2.80. The van der Waals surface area contributed by atoms with E-state index in [1.165, 1.54) is 11.1 Å². The number of benzene rings is 2. The molecule has 0 radical (unpaired) electrons. The number of hydrazine groups is 1. The van der Waals surface area contributed by atoms with Crippen molar-refractivity contribution < 1.29 is 0 Å². The fraction of sp³-hybridized carbons (Fsp3) is 0.294. The molecule has 1 saturated heterocycles. The van der Waals surface area contributed by atoms with Crippen molar-refractivity contribution >= 4 is 12.4 Å². The fourth-order valence-electron chi connectivity index (χ4n) is 3.01. The molecule has 1 heterocycles. The van der Waals surface area contributed by atoms with E-state index >= 15 is 0 Å². The molecule has 2 aromatic carbocycles. The molecule has 0 amide bonds. The summed E-state index contributed by atoms with van der Waals surface area (Å²) in [7, 11) is 4.36. The molecule has 0 N–H and O–H groups in total. The standard InChI is InChI=1S/C17H20N2.ClH/c1-18-16(14-9-5-3-6-10-14)13-17(19(18)2)15-11-7-4-8-12-15;/h3-12,16-17H,13H2,1-2H3;1H/t16-,17-;/m0./s1. The summed E-state index contributed by atoms with van der Waals surface area (Å²) >= 11 is 0. The van der Waals surface area contributed by atoms with Crippen LogP contribution in [0.2, 0.25) is 0 Å². The molecule has 1 aliphatic rings. The van der Waals surface area contributed by atoms with Crippen LogP contribution in [0.15, 0.2) is 60.7 Å². The molecular formula is C17H21ClN2. The molecular weight excluding hydrogens is 268 g/mol. The Morgan fingerprint density at radius 3 is 1.40 bits per heavy atom. The second-order valence-corrected chi connectivity index (χ2v) is 5.24. The van der Waals surface area contributed by atoms with Gasteiger partial charge < -0.3 is 0 Å². The maximum Gasteiger partial charge on any atom is 0.0511 e. The molecule has 3 rings (SSSR count). The summed E-state index contributed by atoms with van der Waals surface area (Å²) in [6, 6.07) is 22.5. The molecule has 0 bridgehead atoms. The summed E-state index contributed by atoms with van der Waals surface area (Å²) < 4.78 is 0. The van der Waals surface area contributed by atoms with E-state index in [9.17, 15) is 0 Å². The maximum atomic E-state index is 2.35. The zero-order valence-corrected chi connectivity index (χ0v) is 12.8. The molecule has 0 aromatic heterocycles. The lowest BCUT2D eigenvalue weighted by Gasteiger charge is -2.28. The first-order valence-electron chi connectivity index (χ1n) is 6.83. The van der Waals surface area contributed by atoms with Crippen molar-refractivity contribution in [2.24, 2.45) is 0 Å². The lowest BCUT2D eigenvalue weighted by atomic mass is 9.97. The first-order chi connectivity index (χ1) is 9.27. The lowest BCUT2D eigenvalue weighted by molar-refractivity contribution is 0.0252. The van der Waals surface area contributed by atoms with Gasteiger partial charge in [0.15, 0.2) is 0 Å². The van der Waals surface area contributed by atoms with Crippen LogP contribution in [0, 0.1) is 0 Å². The molecule has 0 spiro atoms. The summed E-state index contributed by atoms with van der Waals surface area (Å²) in [5, 5.41) is 4.71. The second kappa shape index (κ2) is 6.40. The van der Waals surface area contributed by atoms with E-state index in [-0.39, 0.29) is 12.4 Å². The highest BCUT2D eigenvalue weighted by Crippen LogP contribution is 2.41. The van der Waals surface area contributed by atoms with Crippen LogP contribution in [0.1, 0.15) is 29.6 Å². The van der Waals surface area contributed by atoms with Crippen molar-refractivity contribution in [2.45, 2.75) is 18.5 Å². The van der Waals surface area contributed by atoms with Crippen molar-refractivity contribution in [3.05, 3.63) is 71.8 Å². The maximum absolute atomic E-state index is 2.35. The lowest BCUT2D eigenvalue weighted by Crippen LogP contribution is -2.32. The van der Waals surface area contributed by atoms with Gasteiger partial charge >= 0.3 is 0 Å². The normalized spacial score (nSPS) is 23.5. The van der Waals surface area contributed by atoms with E-state index < -0.39 is 0 Å². The molecule has 3 heteroatoms. The van der Waals surface area contributed by atoms with Gasteiger partial charge in [-0.3, -0.25) is 0 Å². The van der Waals surface area contributed by atoms with Crippen LogP contribution < -0.4 is 0 Å². The molecule has 20 heavy (non-hydrogen) atoms. The molecule has 0 unspecified atom stereocenters. The first kappa shape index (κ1) is 15.0. The van der Waals surface area contributed by atoms with Crippen molar-refractivity contribution in [3.63, 3.8) is 0 Å². The van der Waals surface area contributed by atoms with Crippen molar-refractivity contribution in [1.29, 1.82) is 0 Å². The number of halogens is 1. The second-order valence-electron chi connectivity index (χ2n) is 5.24. The zero-order chi connectivity index (χ0) is 13.2. The monoisotopic (exact) mass is 288 g/mol. The average Bonchev–Trinajstić information content (AvgIpc) is 2.77. The Morgan fingerprint density at radius 1 is 0.700 bits per heavy atom. The van der Waals surface area contributed by atoms with E-state index in [1.54, 1.807) is 0 Å². The Bertz CT molecular complexity index is 480. The van der Waals surface area contributed by atoms with Gasteiger partial charge in [-0.05, 0) is 17.5 Å². The molecule has 1 aliphatic heterocycles. The van der Waals surface area contributed by atoms with E-state index in [1.807, 2.05) is 0 Å². The summed E-state index contributed by atoms with van der Waals surface area (Å²) in [6.07, 6.45) is 1.14. The Kier molecular flexibility index (Phi) is 4.81. The first-order valence-corrected chi connectivity index (χ1v) is 6.83. The highest BCUT2D eigenvalue weighted by atomic mass is 35.5. The van der Waals surface area contributed by atoms with Crippen LogP contribution in [0.25, 0.3) is 0 Å². The van der Waals surface area contributed by atoms with Crippen LogP contribution in [-0.2, 0) is 0 Å². The van der Waals surface area contributed by atoms with Gasteiger partial charge in [0, 0.05) is 14.1 Å². The smallest absolute Gasteiger partial charge is 0.0511 e.